The van der Waals surface area contributed by atoms with Gasteiger partial charge in [0.1, 0.15) is 11.1 Å². The van der Waals surface area contributed by atoms with Gasteiger partial charge in [-0.3, -0.25) is 9.59 Å². The highest BCUT2D eigenvalue weighted by molar-refractivity contribution is 6.40. The number of nitrogens with zero attached hydrogens (tertiary/aromatic N) is 1. The van der Waals surface area contributed by atoms with Crippen LogP contribution in [0.15, 0.2) is 0 Å². The van der Waals surface area contributed by atoms with Crippen LogP contribution in [0.3, 0.4) is 0 Å². The molecule has 4 atom stereocenters. The first kappa shape index (κ1) is 26.4. The van der Waals surface area contributed by atoms with E-state index in [-0.39, 0.29) is 42.0 Å². The normalized spacial score (nSPS) is 27.7. The van der Waals surface area contributed by atoms with Crippen LogP contribution in [-0.4, -0.2) is 69.7 Å². The highest BCUT2D eigenvalue weighted by Crippen LogP contribution is 2.51. The van der Waals surface area contributed by atoms with E-state index in [1.807, 2.05) is 41.5 Å². The lowest BCUT2D eigenvalue weighted by atomic mass is 9.75. The van der Waals surface area contributed by atoms with Crippen LogP contribution in [0.2, 0.25) is 6.32 Å². The fourth-order valence-corrected chi connectivity index (χ4v) is 5.18. The summed E-state index contributed by atoms with van der Waals surface area (Å²) >= 11 is 0. The van der Waals surface area contributed by atoms with Crippen LogP contribution in [-0.2, 0) is 14.3 Å². The van der Waals surface area contributed by atoms with Crippen molar-refractivity contribution in [3.05, 3.63) is 0 Å². The summed E-state index contributed by atoms with van der Waals surface area (Å²) in [6.07, 6.45) is 1.24. The monoisotopic (exact) mass is 453 g/mol. The lowest BCUT2D eigenvalue weighted by Gasteiger charge is -2.39. The third-order valence-electron chi connectivity index (χ3n) is 6.15. The Bertz CT molecular complexity index is 717. The van der Waals surface area contributed by atoms with Crippen molar-refractivity contribution in [3.8, 4) is 0 Å². The Balaban J connectivity index is 2.33. The van der Waals surface area contributed by atoms with E-state index in [0.717, 1.165) is 0 Å². The molecule has 0 radical (unpaired) electrons. The van der Waals surface area contributed by atoms with Gasteiger partial charge in [-0.2, -0.15) is 0 Å². The molecular weight excluding hydrogens is 413 g/mol. The number of likely N-dealkylation sites (tertiary alicyclic amines) is 1. The van der Waals surface area contributed by atoms with Crippen LogP contribution < -0.4 is 10.6 Å². The Morgan fingerprint density at radius 3 is 2.25 bits per heavy atom. The summed E-state index contributed by atoms with van der Waals surface area (Å²) in [6, 6.07) is 0. The first-order valence-corrected chi connectivity index (χ1v) is 11.5. The summed E-state index contributed by atoms with van der Waals surface area (Å²) in [4.78, 5) is 40.1. The first-order valence-electron chi connectivity index (χ1n) is 11.5. The van der Waals surface area contributed by atoms with Gasteiger partial charge in [0.05, 0.1) is 0 Å². The van der Waals surface area contributed by atoms with Crippen LogP contribution >= 0.6 is 0 Å². The molecule has 2 rings (SSSR count). The predicted octanol–water partition coefficient (Wildman–Crippen LogP) is 1.53. The van der Waals surface area contributed by atoms with Gasteiger partial charge in [0.15, 0.2) is 0 Å². The number of ether oxygens (including phenoxy) is 1. The molecule has 0 aromatic carbocycles. The van der Waals surface area contributed by atoms with Crippen LogP contribution in [0, 0.1) is 17.8 Å². The average molecular weight is 453 g/mol. The van der Waals surface area contributed by atoms with Gasteiger partial charge in [-0.1, -0.05) is 6.42 Å². The lowest BCUT2D eigenvalue weighted by molar-refractivity contribution is -0.136. The van der Waals surface area contributed by atoms with Crippen LogP contribution in [0.4, 0.5) is 4.79 Å². The molecule has 1 heterocycles. The van der Waals surface area contributed by atoms with Crippen molar-refractivity contribution in [1.29, 1.82) is 0 Å². The fraction of sp³-hybridized carbons (Fsp3) is 0.864. The molecule has 2 fully saturated rings. The summed E-state index contributed by atoms with van der Waals surface area (Å²) < 4.78 is 5.54. The van der Waals surface area contributed by atoms with E-state index in [2.05, 4.69) is 10.6 Å². The molecule has 4 N–H and O–H groups in total. The lowest BCUT2D eigenvalue weighted by Crippen LogP contribution is -2.64. The maximum atomic E-state index is 13.5. The highest BCUT2D eigenvalue weighted by Gasteiger charge is 2.61. The van der Waals surface area contributed by atoms with Gasteiger partial charge in [-0.25, -0.2) is 4.79 Å². The maximum Gasteiger partial charge on any atom is 0.451 e. The third-order valence-corrected chi connectivity index (χ3v) is 6.15. The minimum atomic E-state index is -1.42. The minimum Gasteiger partial charge on any atom is -0.444 e. The molecule has 3 unspecified atom stereocenters. The van der Waals surface area contributed by atoms with Crippen molar-refractivity contribution in [3.63, 3.8) is 0 Å². The fourth-order valence-electron chi connectivity index (χ4n) is 5.18. The van der Waals surface area contributed by atoms with Gasteiger partial charge in [0.25, 0.3) is 0 Å². The van der Waals surface area contributed by atoms with Gasteiger partial charge < -0.3 is 30.3 Å². The Kier molecular flexibility index (Phi) is 7.93. The maximum absolute atomic E-state index is 13.5. The van der Waals surface area contributed by atoms with E-state index in [1.54, 1.807) is 4.90 Å². The van der Waals surface area contributed by atoms with E-state index in [9.17, 15) is 24.4 Å². The molecule has 0 bridgehead atoms. The Morgan fingerprint density at radius 1 is 1.12 bits per heavy atom. The van der Waals surface area contributed by atoms with E-state index < -0.39 is 23.8 Å². The van der Waals surface area contributed by atoms with Crippen LogP contribution in [0.1, 0.15) is 67.7 Å². The van der Waals surface area contributed by atoms with Crippen molar-refractivity contribution in [2.45, 2.75) is 90.7 Å². The number of rotatable bonds is 6. The molecule has 1 aliphatic carbocycles. The van der Waals surface area contributed by atoms with Crippen LogP contribution in [0.25, 0.3) is 0 Å². The van der Waals surface area contributed by atoms with Crippen molar-refractivity contribution in [1.82, 2.24) is 15.5 Å². The number of amides is 3. The van der Waals surface area contributed by atoms with Gasteiger partial charge in [-0.15, -0.1) is 0 Å². The molecule has 1 saturated heterocycles. The average Bonchev–Trinajstić information content (AvgIpc) is 3.08. The van der Waals surface area contributed by atoms with Gasteiger partial charge in [0, 0.05) is 25.6 Å². The van der Waals surface area contributed by atoms with Crippen molar-refractivity contribution in [2.75, 3.05) is 13.1 Å². The second-order valence-corrected chi connectivity index (χ2v) is 11.4. The minimum absolute atomic E-state index is 0.00378. The van der Waals surface area contributed by atoms with Gasteiger partial charge in [0.2, 0.25) is 11.8 Å². The number of fused-ring (bicyclic) bond motifs is 1. The second kappa shape index (κ2) is 9.59. The Hall–Kier alpha value is -1.81. The van der Waals surface area contributed by atoms with E-state index in [4.69, 9.17) is 4.74 Å². The summed E-state index contributed by atoms with van der Waals surface area (Å²) in [5.41, 5.74) is -2.18. The second-order valence-electron chi connectivity index (χ2n) is 11.4. The summed E-state index contributed by atoms with van der Waals surface area (Å²) in [5, 5.41) is 24.6. The smallest absolute Gasteiger partial charge is 0.444 e. The molecule has 10 heteroatoms. The summed E-state index contributed by atoms with van der Waals surface area (Å²) in [6.45, 7) is 13.5. The molecule has 32 heavy (non-hydrogen) atoms. The van der Waals surface area contributed by atoms with Crippen molar-refractivity contribution >= 4 is 25.0 Å². The molecule has 3 amide bonds. The summed E-state index contributed by atoms with van der Waals surface area (Å²) in [7, 11) is -1.42. The Morgan fingerprint density at radius 2 is 1.75 bits per heavy atom. The molecule has 0 spiro atoms. The largest absolute Gasteiger partial charge is 0.451 e. The van der Waals surface area contributed by atoms with Gasteiger partial charge >= 0.3 is 13.2 Å². The number of hydrogen-bond acceptors (Lipinski definition) is 6. The zero-order chi connectivity index (χ0) is 24.5. The molecule has 2 aliphatic rings. The molecule has 0 aromatic rings. The molecule has 0 aromatic heterocycles. The number of hydrogen-bond donors (Lipinski definition) is 4. The van der Waals surface area contributed by atoms with E-state index in [0.29, 0.717) is 32.4 Å². The van der Waals surface area contributed by atoms with E-state index >= 15 is 0 Å². The van der Waals surface area contributed by atoms with Crippen molar-refractivity contribution < 1.29 is 29.2 Å². The first-order chi connectivity index (χ1) is 14.5. The molecular formula is C22H40BN3O6. The highest BCUT2D eigenvalue weighted by atomic mass is 16.6. The summed E-state index contributed by atoms with van der Waals surface area (Å²) in [5.74, 6) is -0.733. The Labute approximate surface area is 191 Å². The number of carbonyl (C=O) groups is 3. The molecule has 9 nitrogen and oxygen atoms in total. The molecule has 1 aliphatic heterocycles. The number of carbonyl (C=O) groups excluding carboxylic acids is 3. The SMILES string of the molecule is CC(=O)NC1(C(=O)NC(C)(C)C)C[C@H]2CN(C(=O)OC(C)(C)C)CC2C1CCCB(O)O. The van der Waals surface area contributed by atoms with Crippen molar-refractivity contribution in [2.24, 2.45) is 17.8 Å². The number of nitrogens with one attached hydrogen (secondary N) is 2. The topological polar surface area (TPSA) is 128 Å². The molecule has 182 valence electrons. The van der Waals surface area contributed by atoms with E-state index in [1.165, 1.54) is 6.92 Å². The van der Waals surface area contributed by atoms with Gasteiger partial charge in [-0.05, 0) is 78.5 Å². The zero-order valence-corrected chi connectivity index (χ0v) is 20.5. The van der Waals surface area contributed by atoms with Crippen LogP contribution in [0.5, 0.6) is 0 Å². The quantitative estimate of drug-likeness (QED) is 0.452. The predicted molar refractivity (Wildman–Crippen MR) is 122 cm³/mol. The zero-order valence-electron chi connectivity index (χ0n) is 20.5. The molecule has 1 saturated carbocycles. The standard InChI is InChI=1S/C22H40BN3O6/c1-14(27)24-22(18(28)25-20(2,3)4)11-15-12-26(19(29)32-21(5,6)7)13-16(15)17(22)9-8-10-23(30)31/h15-17,30-31H,8-13H2,1-7H3,(H,24,27)(H,25,28)/t15-,16?,17?,22?/m0/s1. The third kappa shape index (κ3) is 6.60.